The van der Waals surface area contributed by atoms with Gasteiger partial charge in [-0.3, -0.25) is 0 Å². The highest BCUT2D eigenvalue weighted by Gasteiger charge is 2.45. The van der Waals surface area contributed by atoms with Crippen LogP contribution in [-0.4, -0.2) is 68.2 Å². The SMILES string of the molecule is C[C@@H]1COCCN1c1cc(OC(C)(C)C)nc(N2CCNCC2C(F)(F)F)c1. The molecule has 6 nitrogen and oxygen atoms in total. The van der Waals surface area contributed by atoms with Crippen LogP contribution in [0.4, 0.5) is 24.7 Å². The highest BCUT2D eigenvalue weighted by molar-refractivity contribution is 5.59. The summed E-state index contributed by atoms with van der Waals surface area (Å²) in [6, 6.07) is 2.05. The van der Waals surface area contributed by atoms with E-state index in [0.717, 1.165) is 5.69 Å². The van der Waals surface area contributed by atoms with Crippen molar-refractivity contribution in [1.82, 2.24) is 10.3 Å². The van der Waals surface area contributed by atoms with Crippen LogP contribution in [0.25, 0.3) is 0 Å². The van der Waals surface area contributed by atoms with Gasteiger partial charge < -0.3 is 24.6 Å². The summed E-state index contributed by atoms with van der Waals surface area (Å²) in [4.78, 5) is 7.91. The number of alkyl halides is 3. The molecule has 2 saturated heterocycles. The molecule has 0 radical (unpaired) electrons. The number of morpholine rings is 1. The Bertz CT molecular complexity index is 678. The van der Waals surface area contributed by atoms with Gasteiger partial charge in [0.1, 0.15) is 17.5 Å². The fraction of sp³-hybridized carbons (Fsp3) is 0.737. The molecule has 1 aromatic heterocycles. The zero-order valence-corrected chi connectivity index (χ0v) is 16.8. The van der Waals surface area contributed by atoms with Crippen LogP contribution in [0.15, 0.2) is 12.1 Å². The molecule has 2 aliphatic heterocycles. The van der Waals surface area contributed by atoms with Gasteiger partial charge in [-0.05, 0) is 27.7 Å². The number of nitrogens with one attached hydrogen (secondary N) is 1. The molecular formula is C19H29F3N4O2. The zero-order chi connectivity index (χ0) is 20.5. The molecular weight excluding hydrogens is 373 g/mol. The number of hydrogen-bond donors (Lipinski definition) is 1. The predicted molar refractivity (Wildman–Crippen MR) is 102 cm³/mol. The molecule has 1 unspecified atom stereocenters. The first-order chi connectivity index (χ1) is 13.0. The van der Waals surface area contributed by atoms with Gasteiger partial charge in [0.2, 0.25) is 5.88 Å². The van der Waals surface area contributed by atoms with E-state index in [-0.39, 0.29) is 19.1 Å². The van der Waals surface area contributed by atoms with E-state index in [0.29, 0.717) is 38.0 Å². The third kappa shape index (κ3) is 5.00. The molecule has 3 rings (SSSR count). The molecule has 2 aliphatic rings. The Morgan fingerprint density at radius 3 is 2.57 bits per heavy atom. The normalized spacial score (nSPS) is 24.4. The van der Waals surface area contributed by atoms with Crippen LogP contribution in [0, 0.1) is 0 Å². The van der Waals surface area contributed by atoms with Crippen molar-refractivity contribution in [2.75, 3.05) is 49.2 Å². The van der Waals surface area contributed by atoms with Gasteiger partial charge in [-0.1, -0.05) is 0 Å². The summed E-state index contributed by atoms with van der Waals surface area (Å²) in [5.74, 6) is 0.623. The number of piperazine rings is 1. The third-order valence-electron chi connectivity index (χ3n) is 4.80. The fourth-order valence-corrected chi connectivity index (χ4v) is 3.54. The second kappa shape index (κ2) is 7.94. The van der Waals surface area contributed by atoms with Gasteiger partial charge in [-0.15, -0.1) is 0 Å². The summed E-state index contributed by atoms with van der Waals surface area (Å²) in [6.07, 6.45) is -4.34. The monoisotopic (exact) mass is 402 g/mol. The molecule has 0 aromatic carbocycles. The van der Waals surface area contributed by atoms with Gasteiger partial charge in [0.25, 0.3) is 0 Å². The third-order valence-corrected chi connectivity index (χ3v) is 4.80. The fourth-order valence-electron chi connectivity index (χ4n) is 3.54. The molecule has 0 spiro atoms. The first-order valence-corrected chi connectivity index (χ1v) is 9.64. The number of pyridine rings is 1. The van der Waals surface area contributed by atoms with Crippen molar-refractivity contribution in [3.05, 3.63) is 12.1 Å². The van der Waals surface area contributed by atoms with Crippen molar-refractivity contribution in [3.63, 3.8) is 0 Å². The highest BCUT2D eigenvalue weighted by Crippen LogP contribution is 2.34. The van der Waals surface area contributed by atoms with E-state index >= 15 is 0 Å². The number of aromatic nitrogens is 1. The lowest BCUT2D eigenvalue weighted by Crippen LogP contribution is -2.58. The van der Waals surface area contributed by atoms with E-state index in [1.165, 1.54) is 4.90 Å². The number of rotatable bonds is 3. The van der Waals surface area contributed by atoms with Crippen LogP contribution in [0.2, 0.25) is 0 Å². The summed E-state index contributed by atoms with van der Waals surface area (Å²) in [7, 11) is 0. The minimum atomic E-state index is -4.34. The van der Waals surface area contributed by atoms with E-state index in [9.17, 15) is 13.2 Å². The van der Waals surface area contributed by atoms with E-state index in [1.807, 2.05) is 27.7 Å². The lowest BCUT2D eigenvalue weighted by atomic mass is 10.1. The van der Waals surface area contributed by atoms with Crippen LogP contribution >= 0.6 is 0 Å². The standard InChI is InChI=1S/C19H29F3N4O2/c1-13-12-27-8-7-25(13)14-9-16(24-17(10-14)28-18(2,3)4)26-6-5-23-11-15(26)19(20,21)22/h9-10,13,15,23H,5-8,11-12H2,1-4H3/t13-,15?/m1/s1. The Morgan fingerprint density at radius 2 is 1.93 bits per heavy atom. The molecule has 0 bridgehead atoms. The van der Waals surface area contributed by atoms with E-state index in [4.69, 9.17) is 9.47 Å². The van der Waals surface area contributed by atoms with E-state index in [2.05, 4.69) is 15.2 Å². The smallest absolute Gasteiger partial charge is 0.410 e. The van der Waals surface area contributed by atoms with Crippen LogP contribution in [0.1, 0.15) is 27.7 Å². The summed E-state index contributed by atoms with van der Waals surface area (Å²) < 4.78 is 52.2. The van der Waals surface area contributed by atoms with Gasteiger partial charge >= 0.3 is 6.18 Å². The lowest BCUT2D eigenvalue weighted by Gasteiger charge is -2.39. The van der Waals surface area contributed by atoms with Crippen LogP contribution < -0.4 is 19.9 Å². The Hall–Kier alpha value is -1.74. The Morgan fingerprint density at radius 1 is 1.18 bits per heavy atom. The first-order valence-electron chi connectivity index (χ1n) is 9.64. The maximum Gasteiger partial charge on any atom is 0.410 e. The molecule has 1 aromatic rings. The molecule has 3 heterocycles. The molecule has 0 amide bonds. The second-order valence-corrected chi connectivity index (χ2v) is 8.31. The average Bonchev–Trinajstić information content (AvgIpc) is 2.59. The van der Waals surface area contributed by atoms with Crippen molar-refractivity contribution in [2.45, 2.75) is 51.6 Å². The minimum absolute atomic E-state index is 0.118. The second-order valence-electron chi connectivity index (χ2n) is 8.31. The Balaban J connectivity index is 2.01. The van der Waals surface area contributed by atoms with Crippen LogP contribution in [0.3, 0.4) is 0 Å². The van der Waals surface area contributed by atoms with Crippen molar-refractivity contribution in [2.24, 2.45) is 0 Å². The maximum absolute atomic E-state index is 13.6. The van der Waals surface area contributed by atoms with Gasteiger partial charge in [0, 0.05) is 50.0 Å². The molecule has 2 fully saturated rings. The number of nitrogens with zero attached hydrogens (tertiary/aromatic N) is 3. The summed E-state index contributed by atoms with van der Waals surface area (Å²) in [6.45, 7) is 10.1. The largest absolute Gasteiger partial charge is 0.472 e. The van der Waals surface area contributed by atoms with Crippen molar-refractivity contribution in [3.8, 4) is 5.88 Å². The summed E-state index contributed by atoms with van der Waals surface area (Å²) >= 11 is 0. The van der Waals surface area contributed by atoms with Crippen molar-refractivity contribution in [1.29, 1.82) is 0 Å². The molecule has 1 N–H and O–H groups in total. The zero-order valence-electron chi connectivity index (χ0n) is 16.8. The van der Waals surface area contributed by atoms with Gasteiger partial charge in [-0.2, -0.15) is 18.2 Å². The minimum Gasteiger partial charge on any atom is -0.472 e. The summed E-state index contributed by atoms with van der Waals surface area (Å²) in [5.41, 5.74) is 0.298. The quantitative estimate of drug-likeness (QED) is 0.839. The highest BCUT2D eigenvalue weighted by atomic mass is 19.4. The van der Waals surface area contributed by atoms with Crippen LogP contribution in [-0.2, 0) is 4.74 Å². The topological polar surface area (TPSA) is 49.9 Å². The van der Waals surface area contributed by atoms with Gasteiger partial charge in [-0.25, -0.2) is 0 Å². The Labute approximate surface area is 164 Å². The molecule has 9 heteroatoms. The molecule has 0 aliphatic carbocycles. The number of halogens is 3. The van der Waals surface area contributed by atoms with E-state index < -0.39 is 17.8 Å². The average molecular weight is 402 g/mol. The van der Waals surface area contributed by atoms with E-state index in [1.54, 1.807) is 12.1 Å². The van der Waals surface area contributed by atoms with Gasteiger partial charge in [0.05, 0.1) is 13.2 Å². The maximum atomic E-state index is 13.6. The number of anilines is 2. The molecule has 158 valence electrons. The lowest BCUT2D eigenvalue weighted by molar-refractivity contribution is -0.149. The predicted octanol–water partition coefficient (Wildman–Crippen LogP) is 2.82. The van der Waals surface area contributed by atoms with Crippen molar-refractivity contribution < 1.29 is 22.6 Å². The van der Waals surface area contributed by atoms with Crippen molar-refractivity contribution >= 4 is 11.5 Å². The Kier molecular flexibility index (Phi) is 5.95. The summed E-state index contributed by atoms with van der Waals surface area (Å²) in [5, 5.41) is 2.83. The molecule has 28 heavy (non-hydrogen) atoms. The molecule has 0 saturated carbocycles. The molecule has 2 atom stereocenters. The van der Waals surface area contributed by atoms with Crippen LogP contribution in [0.5, 0.6) is 5.88 Å². The first kappa shape index (κ1) is 21.0. The van der Waals surface area contributed by atoms with Gasteiger partial charge in [0.15, 0.2) is 0 Å². The number of hydrogen-bond acceptors (Lipinski definition) is 6. The number of ether oxygens (including phenoxy) is 2.